The Labute approximate surface area is 107 Å². The Bertz CT molecular complexity index is 316. The molecule has 2 amide bonds. The standard InChI is InChI=1S/C13H21FN2O2/c14-8-10-4-11(5-10)16-13(18)7-9-2-1-3-15-12(17)6-9/h9-11H,1-8H2,(H,15,17)(H,16,18). The van der Waals surface area contributed by atoms with E-state index in [2.05, 4.69) is 10.6 Å². The topological polar surface area (TPSA) is 58.2 Å². The van der Waals surface area contributed by atoms with Gasteiger partial charge in [0.15, 0.2) is 0 Å². The van der Waals surface area contributed by atoms with Crippen LogP contribution in [0.15, 0.2) is 0 Å². The lowest BCUT2D eigenvalue weighted by Crippen LogP contribution is -2.45. The Morgan fingerprint density at radius 1 is 1.39 bits per heavy atom. The predicted molar refractivity (Wildman–Crippen MR) is 65.6 cm³/mol. The van der Waals surface area contributed by atoms with Gasteiger partial charge in [-0.1, -0.05) is 0 Å². The van der Waals surface area contributed by atoms with Crippen LogP contribution in [0.4, 0.5) is 4.39 Å². The molecule has 1 atom stereocenters. The van der Waals surface area contributed by atoms with Crippen molar-refractivity contribution < 1.29 is 14.0 Å². The van der Waals surface area contributed by atoms with Gasteiger partial charge < -0.3 is 10.6 Å². The molecule has 0 aromatic heterocycles. The first-order chi connectivity index (χ1) is 8.67. The number of hydrogen-bond acceptors (Lipinski definition) is 2. The van der Waals surface area contributed by atoms with Gasteiger partial charge in [-0.3, -0.25) is 14.0 Å². The average molecular weight is 256 g/mol. The second-order valence-electron chi connectivity index (χ2n) is 5.52. The molecule has 2 rings (SSSR count). The van der Waals surface area contributed by atoms with Crippen LogP contribution < -0.4 is 10.6 Å². The lowest BCUT2D eigenvalue weighted by molar-refractivity contribution is -0.124. The smallest absolute Gasteiger partial charge is 0.220 e. The normalized spacial score (nSPS) is 32.1. The van der Waals surface area contributed by atoms with Crippen LogP contribution in [-0.4, -0.2) is 31.1 Å². The Morgan fingerprint density at radius 2 is 2.17 bits per heavy atom. The van der Waals surface area contributed by atoms with Crippen molar-refractivity contribution in [1.82, 2.24) is 10.6 Å². The van der Waals surface area contributed by atoms with Crippen LogP contribution in [0, 0.1) is 11.8 Å². The molecule has 0 spiro atoms. The minimum absolute atomic E-state index is 0.0111. The van der Waals surface area contributed by atoms with Gasteiger partial charge in [-0.2, -0.15) is 0 Å². The third-order valence-electron chi connectivity index (χ3n) is 3.88. The molecule has 0 radical (unpaired) electrons. The highest BCUT2D eigenvalue weighted by molar-refractivity contribution is 5.79. The first-order valence-electron chi connectivity index (χ1n) is 6.79. The van der Waals surface area contributed by atoms with E-state index in [0.29, 0.717) is 12.8 Å². The molecule has 0 aromatic rings. The lowest BCUT2D eigenvalue weighted by Gasteiger charge is -2.34. The van der Waals surface area contributed by atoms with Gasteiger partial charge in [-0.25, -0.2) is 0 Å². The summed E-state index contributed by atoms with van der Waals surface area (Å²) < 4.78 is 12.3. The second-order valence-corrected chi connectivity index (χ2v) is 5.52. The summed E-state index contributed by atoms with van der Waals surface area (Å²) in [7, 11) is 0. The molecule has 1 aliphatic heterocycles. The van der Waals surface area contributed by atoms with E-state index < -0.39 is 0 Å². The molecular formula is C13H21FN2O2. The monoisotopic (exact) mass is 256 g/mol. The van der Waals surface area contributed by atoms with Crippen molar-refractivity contribution in [3.8, 4) is 0 Å². The number of rotatable bonds is 4. The summed E-state index contributed by atoms with van der Waals surface area (Å²) in [5.74, 6) is 0.354. The number of halogens is 1. The Balaban J connectivity index is 1.68. The van der Waals surface area contributed by atoms with E-state index in [0.717, 1.165) is 32.2 Å². The molecule has 0 bridgehead atoms. The number of amides is 2. The van der Waals surface area contributed by atoms with Crippen LogP contribution in [0.5, 0.6) is 0 Å². The zero-order valence-electron chi connectivity index (χ0n) is 10.6. The van der Waals surface area contributed by atoms with Gasteiger partial charge in [0.2, 0.25) is 11.8 Å². The lowest BCUT2D eigenvalue weighted by atomic mass is 9.81. The summed E-state index contributed by atoms with van der Waals surface area (Å²) in [6, 6.07) is 0.151. The zero-order chi connectivity index (χ0) is 13.0. The fourth-order valence-corrected chi connectivity index (χ4v) is 2.76. The maximum Gasteiger partial charge on any atom is 0.220 e. The first kappa shape index (κ1) is 13.3. The Morgan fingerprint density at radius 3 is 2.89 bits per heavy atom. The van der Waals surface area contributed by atoms with E-state index >= 15 is 0 Å². The molecule has 1 unspecified atom stereocenters. The zero-order valence-corrected chi connectivity index (χ0v) is 10.6. The fourth-order valence-electron chi connectivity index (χ4n) is 2.76. The van der Waals surface area contributed by atoms with E-state index in [4.69, 9.17) is 0 Å². The quantitative estimate of drug-likeness (QED) is 0.793. The molecule has 2 N–H and O–H groups in total. The van der Waals surface area contributed by atoms with Crippen molar-refractivity contribution in [3.05, 3.63) is 0 Å². The van der Waals surface area contributed by atoms with Gasteiger partial charge in [0.1, 0.15) is 0 Å². The van der Waals surface area contributed by atoms with Crippen LogP contribution in [0.2, 0.25) is 0 Å². The van der Waals surface area contributed by atoms with E-state index in [1.54, 1.807) is 0 Å². The third-order valence-corrected chi connectivity index (χ3v) is 3.88. The summed E-state index contributed by atoms with van der Waals surface area (Å²) in [6.07, 6.45) is 4.25. The fraction of sp³-hybridized carbons (Fsp3) is 0.846. The van der Waals surface area contributed by atoms with Crippen LogP contribution in [0.1, 0.15) is 38.5 Å². The van der Waals surface area contributed by atoms with Crippen LogP contribution in [-0.2, 0) is 9.59 Å². The van der Waals surface area contributed by atoms with E-state index in [9.17, 15) is 14.0 Å². The molecule has 1 saturated heterocycles. The first-order valence-corrected chi connectivity index (χ1v) is 6.79. The highest BCUT2D eigenvalue weighted by atomic mass is 19.1. The minimum atomic E-state index is -0.283. The molecule has 5 heteroatoms. The average Bonchev–Trinajstić information content (AvgIpc) is 2.47. The molecule has 2 aliphatic rings. The summed E-state index contributed by atoms with van der Waals surface area (Å²) >= 11 is 0. The minimum Gasteiger partial charge on any atom is -0.356 e. The van der Waals surface area contributed by atoms with E-state index in [1.165, 1.54) is 0 Å². The van der Waals surface area contributed by atoms with Crippen molar-refractivity contribution in [3.63, 3.8) is 0 Å². The number of carbonyl (C=O) groups excluding carboxylic acids is 2. The van der Waals surface area contributed by atoms with Gasteiger partial charge in [0, 0.05) is 25.4 Å². The van der Waals surface area contributed by atoms with Crippen molar-refractivity contribution in [2.24, 2.45) is 11.8 Å². The van der Waals surface area contributed by atoms with Crippen LogP contribution >= 0.6 is 0 Å². The molecule has 0 aromatic carbocycles. The molecular weight excluding hydrogens is 235 g/mol. The highest BCUT2D eigenvalue weighted by Crippen LogP contribution is 2.28. The highest BCUT2D eigenvalue weighted by Gasteiger charge is 2.30. The second kappa shape index (κ2) is 6.16. The Hall–Kier alpha value is -1.13. The van der Waals surface area contributed by atoms with Gasteiger partial charge in [0.05, 0.1) is 6.67 Å². The molecule has 18 heavy (non-hydrogen) atoms. The molecule has 4 nitrogen and oxygen atoms in total. The van der Waals surface area contributed by atoms with Gasteiger partial charge in [-0.05, 0) is 37.5 Å². The van der Waals surface area contributed by atoms with Crippen LogP contribution in [0.3, 0.4) is 0 Å². The number of nitrogens with one attached hydrogen (secondary N) is 2. The maximum atomic E-state index is 12.3. The summed E-state index contributed by atoms with van der Waals surface area (Å²) in [5.41, 5.74) is 0. The van der Waals surface area contributed by atoms with Gasteiger partial charge in [0.25, 0.3) is 0 Å². The van der Waals surface area contributed by atoms with Crippen molar-refractivity contribution >= 4 is 11.8 Å². The largest absolute Gasteiger partial charge is 0.356 e. The summed E-state index contributed by atoms with van der Waals surface area (Å²) in [5, 5.41) is 5.74. The van der Waals surface area contributed by atoms with Crippen molar-refractivity contribution in [2.75, 3.05) is 13.2 Å². The summed E-state index contributed by atoms with van der Waals surface area (Å²) in [4.78, 5) is 23.2. The van der Waals surface area contributed by atoms with Crippen molar-refractivity contribution in [2.45, 2.75) is 44.6 Å². The number of carbonyl (C=O) groups is 2. The molecule has 2 fully saturated rings. The summed E-state index contributed by atoms with van der Waals surface area (Å²) in [6.45, 7) is 0.437. The van der Waals surface area contributed by atoms with Crippen molar-refractivity contribution in [1.29, 1.82) is 0 Å². The third kappa shape index (κ3) is 3.68. The van der Waals surface area contributed by atoms with E-state index in [-0.39, 0.29) is 36.4 Å². The van der Waals surface area contributed by atoms with Gasteiger partial charge in [-0.15, -0.1) is 0 Å². The molecule has 1 heterocycles. The SMILES string of the molecule is O=C1CC(CC(=O)NC2CC(CF)C2)CCCN1. The molecule has 102 valence electrons. The molecule has 1 saturated carbocycles. The maximum absolute atomic E-state index is 12.3. The van der Waals surface area contributed by atoms with Crippen LogP contribution in [0.25, 0.3) is 0 Å². The van der Waals surface area contributed by atoms with E-state index in [1.807, 2.05) is 0 Å². The Kier molecular flexibility index (Phi) is 4.55. The number of alkyl halides is 1. The predicted octanol–water partition coefficient (Wildman–Crippen LogP) is 1.16. The number of hydrogen-bond donors (Lipinski definition) is 2. The molecule has 1 aliphatic carbocycles. The van der Waals surface area contributed by atoms with Gasteiger partial charge >= 0.3 is 0 Å².